The SMILES string of the molecule is CCCCCCOc1c(Br)cc(/C=N/NC(=O)c2ccc(C)cc2)cc1Br. The minimum Gasteiger partial charge on any atom is -0.491 e. The highest BCUT2D eigenvalue weighted by atomic mass is 79.9. The van der Waals surface area contributed by atoms with Gasteiger partial charge in [-0.25, -0.2) is 5.43 Å². The van der Waals surface area contributed by atoms with Gasteiger partial charge in [-0.15, -0.1) is 0 Å². The molecule has 0 fully saturated rings. The highest BCUT2D eigenvalue weighted by Gasteiger charge is 2.09. The third-order valence-electron chi connectivity index (χ3n) is 3.96. The number of carbonyl (C=O) groups excluding carboxylic acids is 1. The van der Waals surface area contributed by atoms with Crippen molar-refractivity contribution in [1.82, 2.24) is 5.43 Å². The van der Waals surface area contributed by atoms with Gasteiger partial charge in [0.2, 0.25) is 0 Å². The Morgan fingerprint density at radius 3 is 2.41 bits per heavy atom. The molecule has 0 saturated heterocycles. The van der Waals surface area contributed by atoms with Gasteiger partial charge in [0, 0.05) is 5.56 Å². The van der Waals surface area contributed by atoms with Gasteiger partial charge in [-0.1, -0.05) is 43.9 Å². The number of nitrogens with zero attached hydrogens (tertiary/aromatic N) is 1. The second kappa shape index (κ2) is 11.2. The van der Waals surface area contributed by atoms with E-state index in [2.05, 4.69) is 49.3 Å². The van der Waals surface area contributed by atoms with Crippen LogP contribution in [-0.2, 0) is 0 Å². The third kappa shape index (κ3) is 7.11. The van der Waals surface area contributed by atoms with Gasteiger partial charge in [-0.2, -0.15) is 5.10 Å². The molecule has 0 atom stereocenters. The molecular weight excluding hydrogens is 472 g/mol. The fourth-order valence-electron chi connectivity index (χ4n) is 2.43. The van der Waals surface area contributed by atoms with E-state index in [-0.39, 0.29) is 5.91 Å². The fraction of sp³-hybridized carbons (Fsp3) is 0.333. The van der Waals surface area contributed by atoms with E-state index in [9.17, 15) is 4.79 Å². The van der Waals surface area contributed by atoms with Crippen LogP contribution >= 0.6 is 31.9 Å². The van der Waals surface area contributed by atoms with Crippen LogP contribution in [0, 0.1) is 6.92 Å². The van der Waals surface area contributed by atoms with Gasteiger partial charge in [0.15, 0.2) is 0 Å². The first-order chi connectivity index (χ1) is 13.0. The smallest absolute Gasteiger partial charge is 0.271 e. The molecule has 2 aromatic rings. The second-order valence-corrected chi connectivity index (χ2v) is 8.00. The van der Waals surface area contributed by atoms with Gasteiger partial charge in [0.1, 0.15) is 5.75 Å². The molecule has 0 aliphatic rings. The van der Waals surface area contributed by atoms with E-state index in [0.717, 1.165) is 32.2 Å². The summed E-state index contributed by atoms with van der Waals surface area (Å²) in [4.78, 5) is 12.1. The van der Waals surface area contributed by atoms with Crippen molar-refractivity contribution in [2.24, 2.45) is 5.10 Å². The molecule has 4 nitrogen and oxygen atoms in total. The molecule has 0 saturated carbocycles. The number of benzene rings is 2. The Balaban J connectivity index is 1.93. The van der Waals surface area contributed by atoms with Crippen LogP contribution in [0.4, 0.5) is 0 Å². The van der Waals surface area contributed by atoms with E-state index in [4.69, 9.17) is 4.74 Å². The lowest BCUT2D eigenvalue weighted by molar-refractivity contribution is 0.0955. The van der Waals surface area contributed by atoms with Gasteiger partial charge in [-0.3, -0.25) is 4.79 Å². The summed E-state index contributed by atoms with van der Waals surface area (Å²) < 4.78 is 7.56. The van der Waals surface area contributed by atoms with Crippen LogP contribution in [0.3, 0.4) is 0 Å². The van der Waals surface area contributed by atoms with Crippen LogP contribution in [0.2, 0.25) is 0 Å². The first kappa shape index (κ1) is 21.6. The summed E-state index contributed by atoms with van der Waals surface area (Å²) in [6, 6.07) is 11.2. The highest BCUT2D eigenvalue weighted by Crippen LogP contribution is 2.34. The van der Waals surface area contributed by atoms with Crippen LogP contribution in [0.25, 0.3) is 0 Å². The van der Waals surface area contributed by atoms with Crippen LogP contribution in [0.5, 0.6) is 5.75 Å². The molecule has 6 heteroatoms. The van der Waals surface area contributed by atoms with Crippen molar-refractivity contribution in [1.29, 1.82) is 0 Å². The Morgan fingerprint density at radius 2 is 1.78 bits per heavy atom. The summed E-state index contributed by atoms with van der Waals surface area (Å²) in [7, 11) is 0. The summed E-state index contributed by atoms with van der Waals surface area (Å²) >= 11 is 7.08. The van der Waals surface area contributed by atoms with Crippen LogP contribution in [0.15, 0.2) is 50.4 Å². The first-order valence-corrected chi connectivity index (χ1v) is 10.6. The lowest BCUT2D eigenvalue weighted by Gasteiger charge is -2.11. The van der Waals surface area contributed by atoms with Gasteiger partial charge in [-0.05, 0) is 75.0 Å². The number of rotatable bonds is 9. The number of nitrogens with one attached hydrogen (secondary N) is 1. The zero-order valence-corrected chi connectivity index (χ0v) is 18.8. The summed E-state index contributed by atoms with van der Waals surface area (Å²) in [5.41, 5.74) is 5.07. The quantitative estimate of drug-likeness (QED) is 0.254. The van der Waals surface area contributed by atoms with Crippen LogP contribution < -0.4 is 10.2 Å². The monoisotopic (exact) mass is 494 g/mol. The van der Waals surface area contributed by atoms with Crippen molar-refractivity contribution in [3.05, 3.63) is 62.0 Å². The molecule has 27 heavy (non-hydrogen) atoms. The average molecular weight is 496 g/mol. The molecule has 0 radical (unpaired) electrons. The third-order valence-corrected chi connectivity index (χ3v) is 5.14. The van der Waals surface area contributed by atoms with E-state index in [1.165, 1.54) is 19.3 Å². The lowest BCUT2D eigenvalue weighted by Crippen LogP contribution is -2.17. The molecule has 0 aliphatic heterocycles. The van der Waals surface area contributed by atoms with E-state index in [0.29, 0.717) is 12.2 Å². The molecule has 2 aromatic carbocycles. The molecule has 0 bridgehead atoms. The Morgan fingerprint density at radius 1 is 1.11 bits per heavy atom. The summed E-state index contributed by atoms with van der Waals surface area (Å²) in [5.74, 6) is 0.545. The molecule has 1 N–H and O–H groups in total. The minimum absolute atomic E-state index is 0.239. The van der Waals surface area contributed by atoms with E-state index in [1.807, 2.05) is 31.2 Å². The zero-order chi connectivity index (χ0) is 19.6. The number of hydrogen-bond donors (Lipinski definition) is 1. The van der Waals surface area contributed by atoms with Crippen LogP contribution in [0.1, 0.15) is 54.1 Å². The number of aryl methyl sites for hydroxylation is 1. The summed E-state index contributed by atoms with van der Waals surface area (Å²) in [6.07, 6.45) is 6.27. The van der Waals surface area contributed by atoms with E-state index in [1.54, 1.807) is 18.3 Å². The first-order valence-electron chi connectivity index (χ1n) is 9.03. The lowest BCUT2D eigenvalue weighted by atomic mass is 10.1. The van der Waals surface area contributed by atoms with E-state index >= 15 is 0 Å². The number of halogens is 2. The Hall–Kier alpha value is -1.66. The van der Waals surface area contributed by atoms with Gasteiger partial charge in [0.05, 0.1) is 21.8 Å². The predicted molar refractivity (Wildman–Crippen MR) is 118 cm³/mol. The Bertz CT molecular complexity index is 766. The average Bonchev–Trinajstić information content (AvgIpc) is 2.64. The van der Waals surface area contributed by atoms with E-state index < -0.39 is 0 Å². The number of carbonyl (C=O) groups is 1. The number of amides is 1. The summed E-state index contributed by atoms with van der Waals surface area (Å²) in [6.45, 7) is 4.86. The zero-order valence-electron chi connectivity index (χ0n) is 15.6. The van der Waals surface area contributed by atoms with Crippen molar-refractivity contribution in [2.75, 3.05) is 6.61 Å². The van der Waals surface area contributed by atoms with Crippen molar-refractivity contribution >= 4 is 44.0 Å². The number of hydrazone groups is 1. The number of hydrogen-bond acceptors (Lipinski definition) is 3. The summed E-state index contributed by atoms with van der Waals surface area (Å²) in [5, 5.41) is 4.04. The van der Waals surface area contributed by atoms with Gasteiger partial charge >= 0.3 is 0 Å². The normalized spacial score (nSPS) is 11.0. The molecule has 0 spiro atoms. The topological polar surface area (TPSA) is 50.7 Å². The predicted octanol–water partition coefficient (Wildman–Crippen LogP) is 6.24. The molecule has 1 amide bonds. The van der Waals surface area contributed by atoms with Gasteiger partial charge < -0.3 is 4.74 Å². The maximum Gasteiger partial charge on any atom is 0.271 e. The fourth-order valence-corrected chi connectivity index (χ4v) is 3.88. The molecule has 0 unspecified atom stereocenters. The Labute approximate surface area is 177 Å². The molecule has 144 valence electrons. The molecule has 0 heterocycles. The van der Waals surface area contributed by atoms with Crippen molar-refractivity contribution in [3.8, 4) is 5.75 Å². The van der Waals surface area contributed by atoms with Crippen molar-refractivity contribution < 1.29 is 9.53 Å². The second-order valence-electron chi connectivity index (χ2n) is 6.29. The number of ether oxygens (including phenoxy) is 1. The largest absolute Gasteiger partial charge is 0.491 e. The molecule has 2 rings (SSSR count). The van der Waals surface area contributed by atoms with Crippen molar-refractivity contribution in [2.45, 2.75) is 39.5 Å². The minimum atomic E-state index is -0.239. The van der Waals surface area contributed by atoms with Crippen molar-refractivity contribution in [3.63, 3.8) is 0 Å². The maximum absolute atomic E-state index is 12.1. The van der Waals surface area contributed by atoms with Gasteiger partial charge in [0.25, 0.3) is 5.91 Å². The number of unbranched alkanes of at least 4 members (excludes halogenated alkanes) is 3. The Kier molecular flexibility index (Phi) is 9.01. The maximum atomic E-state index is 12.1. The highest BCUT2D eigenvalue weighted by molar-refractivity contribution is 9.11. The molecule has 0 aliphatic carbocycles. The standard InChI is InChI=1S/C21H24Br2N2O2/c1-3-4-5-6-11-27-20-18(22)12-16(13-19(20)23)14-24-25-21(26)17-9-7-15(2)8-10-17/h7-10,12-14H,3-6,11H2,1-2H3,(H,25,26)/b24-14+. The molecule has 0 aromatic heterocycles. The molecular formula is C21H24Br2N2O2. The van der Waals surface area contributed by atoms with Crippen LogP contribution in [-0.4, -0.2) is 18.7 Å².